The molecule has 0 aromatic rings. The summed E-state index contributed by atoms with van der Waals surface area (Å²) in [5, 5.41) is 20.8. The van der Waals surface area contributed by atoms with Crippen molar-refractivity contribution in [2.24, 2.45) is 39.4 Å². The van der Waals surface area contributed by atoms with E-state index in [1.165, 1.54) is 19.3 Å². The highest BCUT2D eigenvalue weighted by Gasteiger charge is 2.62. The van der Waals surface area contributed by atoms with Gasteiger partial charge in [-0.25, -0.2) is 0 Å². The summed E-state index contributed by atoms with van der Waals surface area (Å²) in [5.74, 6) is 1.84. The lowest BCUT2D eigenvalue weighted by Crippen LogP contribution is -2.54. The van der Waals surface area contributed by atoms with Gasteiger partial charge in [0.15, 0.2) is 0 Å². The lowest BCUT2D eigenvalue weighted by Gasteiger charge is -2.61. The van der Waals surface area contributed by atoms with Gasteiger partial charge in [0.1, 0.15) is 0 Å². The van der Waals surface area contributed by atoms with Crippen molar-refractivity contribution in [3.63, 3.8) is 0 Å². The lowest BCUT2D eigenvalue weighted by atomic mass is 9.44. The number of aliphatic hydroxyl groups is 2. The van der Waals surface area contributed by atoms with E-state index in [1.807, 2.05) is 19.9 Å². The minimum Gasteiger partial charge on any atom is -0.393 e. The van der Waals surface area contributed by atoms with Crippen LogP contribution in [0.2, 0.25) is 0 Å². The predicted octanol–water partition coefficient (Wildman–Crippen LogP) is 7.23. The molecule has 7 unspecified atom stereocenters. The molecule has 0 aromatic carbocycles. The van der Waals surface area contributed by atoms with Crippen molar-refractivity contribution in [3.8, 4) is 0 Å². The van der Waals surface area contributed by atoms with Crippen LogP contribution in [0.4, 0.5) is 0 Å². The Morgan fingerprint density at radius 1 is 1.06 bits per heavy atom. The van der Waals surface area contributed by atoms with Crippen molar-refractivity contribution >= 4 is 0 Å². The highest BCUT2D eigenvalue weighted by molar-refractivity contribution is 5.49. The molecule has 0 bridgehead atoms. The third-order valence-electron chi connectivity index (χ3n) is 11.0. The monoisotopic (exact) mass is 440 g/mol. The predicted molar refractivity (Wildman–Crippen MR) is 134 cm³/mol. The Morgan fingerprint density at radius 3 is 2.41 bits per heavy atom. The molecule has 2 N–H and O–H groups in total. The summed E-state index contributed by atoms with van der Waals surface area (Å²) in [4.78, 5) is 0. The zero-order valence-corrected chi connectivity index (χ0v) is 22.0. The molecule has 4 rings (SSSR count). The molecule has 4 aliphatic carbocycles. The average molecular weight is 441 g/mol. The van der Waals surface area contributed by atoms with Crippen molar-refractivity contribution in [1.29, 1.82) is 0 Å². The molecule has 0 spiro atoms. The van der Waals surface area contributed by atoms with Crippen LogP contribution in [-0.2, 0) is 0 Å². The van der Waals surface area contributed by atoms with Gasteiger partial charge in [-0.2, -0.15) is 0 Å². The Labute approximate surface area is 197 Å². The molecule has 2 saturated carbocycles. The van der Waals surface area contributed by atoms with Crippen LogP contribution in [0.15, 0.2) is 35.5 Å². The number of fused-ring (bicyclic) bond motifs is 5. The maximum atomic E-state index is 10.8. The number of aliphatic hydroxyl groups excluding tert-OH is 1. The fourth-order valence-corrected chi connectivity index (χ4v) is 8.68. The normalized spacial score (nSPS) is 44.4. The van der Waals surface area contributed by atoms with Crippen molar-refractivity contribution in [3.05, 3.63) is 35.5 Å². The quantitative estimate of drug-likeness (QED) is 0.453. The highest BCUT2D eigenvalue weighted by Crippen LogP contribution is 2.71. The highest BCUT2D eigenvalue weighted by atomic mass is 16.3. The molecule has 180 valence electrons. The van der Waals surface area contributed by atoms with E-state index in [9.17, 15) is 10.2 Å². The molecule has 0 saturated heterocycles. The molecule has 0 heterocycles. The van der Waals surface area contributed by atoms with Gasteiger partial charge in [-0.1, -0.05) is 65.8 Å². The minimum absolute atomic E-state index is 0.0307. The van der Waals surface area contributed by atoms with E-state index < -0.39 is 5.60 Å². The smallest absolute Gasteiger partial charge is 0.0771 e. The van der Waals surface area contributed by atoms with Gasteiger partial charge >= 0.3 is 0 Å². The Balaban J connectivity index is 1.65. The van der Waals surface area contributed by atoms with Crippen LogP contribution in [0.3, 0.4) is 0 Å². The van der Waals surface area contributed by atoms with E-state index in [4.69, 9.17) is 0 Å². The first kappa shape index (κ1) is 24.3. The van der Waals surface area contributed by atoms with Crippen molar-refractivity contribution in [2.75, 3.05) is 0 Å². The van der Waals surface area contributed by atoms with Crippen LogP contribution in [0.25, 0.3) is 0 Å². The first-order valence-electron chi connectivity index (χ1n) is 13.2. The second-order valence-electron chi connectivity index (χ2n) is 13.7. The number of rotatable bonds is 4. The third-order valence-corrected chi connectivity index (χ3v) is 11.0. The van der Waals surface area contributed by atoms with Crippen molar-refractivity contribution in [1.82, 2.24) is 0 Å². The zero-order chi connectivity index (χ0) is 23.7. The Hall–Kier alpha value is -0.860. The van der Waals surface area contributed by atoms with E-state index in [1.54, 1.807) is 11.1 Å². The second kappa shape index (κ2) is 7.57. The van der Waals surface area contributed by atoms with Crippen LogP contribution in [0, 0.1) is 39.4 Å². The lowest BCUT2D eigenvalue weighted by molar-refractivity contribution is -0.0850. The first-order chi connectivity index (χ1) is 14.7. The van der Waals surface area contributed by atoms with Crippen LogP contribution < -0.4 is 0 Å². The van der Waals surface area contributed by atoms with Gasteiger partial charge in [-0.3, -0.25) is 0 Å². The number of hydrogen-bond donors (Lipinski definition) is 2. The Morgan fingerprint density at radius 2 is 1.75 bits per heavy atom. The molecule has 32 heavy (non-hydrogen) atoms. The number of allylic oxidation sites excluding steroid dienone is 5. The van der Waals surface area contributed by atoms with Gasteiger partial charge in [0, 0.05) is 0 Å². The van der Waals surface area contributed by atoms with Gasteiger partial charge in [0.2, 0.25) is 0 Å². The van der Waals surface area contributed by atoms with Gasteiger partial charge in [0.05, 0.1) is 11.7 Å². The maximum absolute atomic E-state index is 10.8. The molecule has 7 atom stereocenters. The summed E-state index contributed by atoms with van der Waals surface area (Å²) >= 11 is 0. The molecular formula is C30H48O2. The Kier molecular flexibility index (Phi) is 5.74. The summed E-state index contributed by atoms with van der Waals surface area (Å²) < 4.78 is 0. The van der Waals surface area contributed by atoms with E-state index in [0.717, 1.165) is 25.7 Å². The van der Waals surface area contributed by atoms with E-state index in [-0.39, 0.29) is 27.8 Å². The van der Waals surface area contributed by atoms with Crippen LogP contribution >= 0.6 is 0 Å². The molecule has 0 aromatic heterocycles. The fourth-order valence-electron chi connectivity index (χ4n) is 8.68. The molecular weight excluding hydrogens is 392 g/mol. The van der Waals surface area contributed by atoms with E-state index >= 15 is 0 Å². The van der Waals surface area contributed by atoms with Crippen molar-refractivity contribution in [2.45, 2.75) is 112 Å². The van der Waals surface area contributed by atoms with Crippen LogP contribution in [0.5, 0.6) is 0 Å². The maximum Gasteiger partial charge on any atom is 0.0771 e. The van der Waals surface area contributed by atoms with Crippen molar-refractivity contribution < 1.29 is 10.2 Å². The third kappa shape index (κ3) is 3.42. The van der Waals surface area contributed by atoms with Gasteiger partial charge in [-0.05, 0) is 109 Å². The van der Waals surface area contributed by atoms with E-state index in [2.05, 4.69) is 59.8 Å². The summed E-state index contributed by atoms with van der Waals surface area (Å²) in [7, 11) is 0. The van der Waals surface area contributed by atoms with Crippen LogP contribution in [0.1, 0.15) is 100 Å². The molecule has 0 amide bonds. The minimum atomic E-state index is -0.726. The summed E-state index contributed by atoms with van der Waals surface area (Å²) in [5.41, 5.74) is 3.24. The molecule has 2 nitrogen and oxygen atoms in total. The zero-order valence-electron chi connectivity index (χ0n) is 22.0. The van der Waals surface area contributed by atoms with Crippen LogP contribution in [-0.4, -0.2) is 21.9 Å². The largest absolute Gasteiger partial charge is 0.393 e. The Bertz CT molecular complexity index is 839. The molecule has 2 heteroatoms. The summed E-state index contributed by atoms with van der Waals surface area (Å²) in [6.45, 7) is 18.4. The standard InChI is InChI=1S/C30H48O2/c1-20(10-9-16-26(2,3)32)21-13-18-30(8)23-11-12-24-27(4,5)25(31)15-17-28(24,6)22(23)14-19-29(21,30)7/h9,11,14,16,20-21,24-25,31-32H,10,12-13,15,17-19H2,1-8H3. The summed E-state index contributed by atoms with van der Waals surface area (Å²) in [6, 6.07) is 0. The number of hydrogen-bond acceptors (Lipinski definition) is 2. The van der Waals surface area contributed by atoms with Gasteiger partial charge < -0.3 is 10.2 Å². The van der Waals surface area contributed by atoms with E-state index in [0.29, 0.717) is 17.8 Å². The first-order valence-corrected chi connectivity index (χ1v) is 13.2. The average Bonchev–Trinajstić information content (AvgIpc) is 2.96. The summed E-state index contributed by atoms with van der Waals surface area (Å²) in [6.07, 6.45) is 17.1. The molecule has 0 aliphatic heterocycles. The van der Waals surface area contributed by atoms with Gasteiger partial charge in [0.25, 0.3) is 0 Å². The molecule has 4 aliphatic rings. The van der Waals surface area contributed by atoms with Gasteiger partial charge in [-0.15, -0.1) is 0 Å². The SMILES string of the molecule is CC(CC=CC(C)(C)O)C1CCC2(C)C3=CCC4C(C)(CCC(O)C4(C)C)C3=CCC12C. The molecule has 2 fully saturated rings. The molecule has 0 radical (unpaired) electrons. The second-order valence-corrected chi connectivity index (χ2v) is 13.7. The topological polar surface area (TPSA) is 40.5 Å². The fraction of sp³-hybridized carbons (Fsp3) is 0.800.